The average Bonchev–Trinajstić information content (AvgIpc) is 3.10. The predicted octanol–water partition coefficient (Wildman–Crippen LogP) is 1.55. The van der Waals surface area contributed by atoms with Crippen molar-refractivity contribution in [1.82, 2.24) is 10.3 Å². The molecule has 1 heterocycles. The number of carbonyl (C=O) groups is 1. The van der Waals surface area contributed by atoms with Crippen LogP contribution in [0.5, 0.6) is 0 Å². The average molecular weight is 219 g/mol. The molecule has 4 heteroatoms. The van der Waals surface area contributed by atoms with Gasteiger partial charge >= 0.3 is 0 Å². The van der Waals surface area contributed by atoms with E-state index in [-0.39, 0.29) is 5.91 Å². The molecule has 0 bridgehead atoms. The lowest BCUT2D eigenvalue weighted by atomic mass is 10.3. The Morgan fingerprint density at radius 3 is 2.81 bits per heavy atom. The van der Waals surface area contributed by atoms with Gasteiger partial charge in [0.05, 0.1) is 0 Å². The molecule has 2 rings (SSSR count). The van der Waals surface area contributed by atoms with Crippen LogP contribution >= 0.6 is 0 Å². The molecule has 0 aliphatic heterocycles. The minimum Gasteiger partial charge on any atom is -0.385 e. The first-order chi connectivity index (χ1) is 7.84. The molecule has 0 radical (unpaired) electrons. The van der Waals surface area contributed by atoms with Crippen LogP contribution in [0.1, 0.15) is 25.7 Å². The Kier molecular flexibility index (Phi) is 3.75. The number of anilines is 1. The number of aromatic nitrogens is 1. The molecule has 2 N–H and O–H groups in total. The maximum Gasteiger partial charge on any atom is 0.220 e. The van der Waals surface area contributed by atoms with E-state index in [1.807, 2.05) is 12.1 Å². The molecule has 1 fully saturated rings. The van der Waals surface area contributed by atoms with Crippen molar-refractivity contribution in [2.24, 2.45) is 0 Å². The Bertz CT molecular complexity index is 335. The topological polar surface area (TPSA) is 54.0 Å². The zero-order valence-corrected chi connectivity index (χ0v) is 9.28. The van der Waals surface area contributed by atoms with E-state index < -0.39 is 0 Å². The van der Waals surface area contributed by atoms with Crippen LogP contribution in [0.4, 0.5) is 5.69 Å². The molecular weight excluding hydrogens is 202 g/mol. The van der Waals surface area contributed by atoms with E-state index in [2.05, 4.69) is 15.6 Å². The zero-order valence-electron chi connectivity index (χ0n) is 9.28. The molecule has 1 aliphatic rings. The molecule has 0 unspecified atom stereocenters. The molecule has 4 nitrogen and oxygen atoms in total. The van der Waals surface area contributed by atoms with Crippen LogP contribution in [0.15, 0.2) is 24.5 Å². The van der Waals surface area contributed by atoms with Gasteiger partial charge in [0, 0.05) is 37.1 Å². The number of hydrogen-bond donors (Lipinski definition) is 2. The number of hydrogen-bond acceptors (Lipinski definition) is 3. The van der Waals surface area contributed by atoms with E-state index in [0.717, 1.165) is 31.5 Å². The molecule has 0 atom stereocenters. The summed E-state index contributed by atoms with van der Waals surface area (Å²) < 4.78 is 0. The highest BCUT2D eigenvalue weighted by molar-refractivity contribution is 5.76. The largest absolute Gasteiger partial charge is 0.385 e. The van der Waals surface area contributed by atoms with Crippen molar-refractivity contribution in [2.75, 3.05) is 11.9 Å². The fourth-order valence-electron chi connectivity index (χ4n) is 1.48. The molecule has 1 amide bonds. The number of carbonyl (C=O) groups excluding carboxylic acids is 1. The van der Waals surface area contributed by atoms with Gasteiger partial charge < -0.3 is 10.6 Å². The molecule has 1 saturated carbocycles. The Balaban J connectivity index is 1.56. The van der Waals surface area contributed by atoms with Gasteiger partial charge in [0.25, 0.3) is 0 Å². The molecule has 1 aromatic heterocycles. The van der Waals surface area contributed by atoms with E-state index >= 15 is 0 Å². The first-order valence-corrected chi connectivity index (χ1v) is 5.78. The van der Waals surface area contributed by atoms with Gasteiger partial charge in [-0.25, -0.2) is 0 Å². The van der Waals surface area contributed by atoms with E-state index in [1.54, 1.807) is 12.4 Å². The highest BCUT2D eigenvalue weighted by atomic mass is 16.1. The van der Waals surface area contributed by atoms with Crippen LogP contribution in [-0.2, 0) is 4.79 Å². The molecule has 0 aromatic carbocycles. The standard InChI is InChI=1S/C12H17N3O/c16-12(15-11-3-4-11)2-1-7-14-10-5-8-13-9-6-10/h5-6,8-9,11H,1-4,7H2,(H,13,14)(H,15,16). The summed E-state index contributed by atoms with van der Waals surface area (Å²) in [6.45, 7) is 0.822. The molecule has 1 aliphatic carbocycles. The molecule has 0 saturated heterocycles. The van der Waals surface area contributed by atoms with Crippen LogP contribution < -0.4 is 10.6 Å². The van der Waals surface area contributed by atoms with E-state index in [0.29, 0.717) is 12.5 Å². The van der Waals surface area contributed by atoms with Gasteiger partial charge in [0.1, 0.15) is 0 Å². The first kappa shape index (κ1) is 10.9. The van der Waals surface area contributed by atoms with Crippen molar-refractivity contribution in [2.45, 2.75) is 31.7 Å². The summed E-state index contributed by atoms with van der Waals surface area (Å²) in [4.78, 5) is 15.3. The van der Waals surface area contributed by atoms with Crippen molar-refractivity contribution in [3.8, 4) is 0 Å². The van der Waals surface area contributed by atoms with Crippen LogP contribution in [0.3, 0.4) is 0 Å². The molecular formula is C12H17N3O. The highest BCUT2D eigenvalue weighted by Crippen LogP contribution is 2.18. The van der Waals surface area contributed by atoms with E-state index in [9.17, 15) is 4.79 Å². The van der Waals surface area contributed by atoms with Crippen molar-refractivity contribution in [3.63, 3.8) is 0 Å². The van der Waals surface area contributed by atoms with Crippen LogP contribution in [0.25, 0.3) is 0 Å². The van der Waals surface area contributed by atoms with Gasteiger partial charge in [-0.15, -0.1) is 0 Å². The van der Waals surface area contributed by atoms with Crippen molar-refractivity contribution in [3.05, 3.63) is 24.5 Å². The second-order valence-electron chi connectivity index (χ2n) is 4.11. The molecule has 0 spiro atoms. The lowest BCUT2D eigenvalue weighted by Crippen LogP contribution is -2.25. The summed E-state index contributed by atoms with van der Waals surface area (Å²) >= 11 is 0. The predicted molar refractivity (Wildman–Crippen MR) is 63.1 cm³/mol. The van der Waals surface area contributed by atoms with Gasteiger partial charge in [-0.05, 0) is 31.4 Å². The Labute approximate surface area is 95.5 Å². The second kappa shape index (κ2) is 5.49. The number of nitrogens with zero attached hydrogens (tertiary/aromatic N) is 1. The quantitative estimate of drug-likeness (QED) is 0.714. The van der Waals surface area contributed by atoms with Crippen molar-refractivity contribution >= 4 is 11.6 Å². The summed E-state index contributed by atoms with van der Waals surface area (Å²) in [5, 5.41) is 6.22. The first-order valence-electron chi connectivity index (χ1n) is 5.78. The Morgan fingerprint density at radius 2 is 2.12 bits per heavy atom. The van der Waals surface area contributed by atoms with Crippen molar-refractivity contribution < 1.29 is 4.79 Å². The van der Waals surface area contributed by atoms with Crippen LogP contribution in [0.2, 0.25) is 0 Å². The monoisotopic (exact) mass is 219 g/mol. The van der Waals surface area contributed by atoms with E-state index in [4.69, 9.17) is 0 Å². The third-order valence-corrected chi connectivity index (χ3v) is 2.53. The van der Waals surface area contributed by atoms with Gasteiger partial charge in [-0.3, -0.25) is 9.78 Å². The minimum absolute atomic E-state index is 0.180. The number of amides is 1. The summed E-state index contributed by atoms with van der Waals surface area (Å²) in [6.07, 6.45) is 7.28. The zero-order chi connectivity index (χ0) is 11.2. The molecule has 16 heavy (non-hydrogen) atoms. The summed E-state index contributed by atoms with van der Waals surface area (Å²) in [5.41, 5.74) is 1.05. The normalized spacial score (nSPS) is 14.5. The number of rotatable bonds is 6. The summed E-state index contributed by atoms with van der Waals surface area (Å²) in [6, 6.07) is 4.31. The second-order valence-corrected chi connectivity index (χ2v) is 4.11. The Hall–Kier alpha value is -1.58. The van der Waals surface area contributed by atoms with Gasteiger partial charge in [-0.1, -0.05) is 0 Å². The summed E-state index contributed by atoms with van der Waals surface area (Å²) in [5.74, 6) is 0.180. The maximum atomic E-state index is 11.4. The van der Waals surface area contributed by atoms with Crippen molar-refractivity contribution in [1.29, 1.82) is 0 Å². The lowest BCUT2D eigenvalue weighted by molar-refractivity contribution is -0.121. The van der Waals surface area contributed by atoms with E-state index in [1.165, 1.54) is 0 Å². The lowest BCUT2D eigenvalue weighted by Gasteiger charge is -2.06. The maximum absolute atomic E-state index is 11.4. The smallest absolute Gasteiger partial charge is 0.220 e. The summed E-state index contributed by atoms with van der Waals surface area (Å²) in [7, 11) is 0. The third kappa shape index (κ3) is 3.88. The van der Waals surface area contributed by atoms with Gasteiger partial charge in [-0.2, -0.15) is 0 Å². The SMILES string of the molecule is O=C(CCCNc1ccncc1)NC1CC1. The third-order valence-electron chi connectivity index (χ3n) is 2.53. The minimum atomic E-state index is 0.180. The number of pyridine rings is 1. The molecule has 1 aromatic rings. The van der Waals surface area contributed by atoms with Crippen LogP contribution in [0, 0.1) is 0 Å². The van der Waals surface area contributed by atoms with Gasteiger partial charge in [0.2, 0.25) is 5.91 Å². The fourth-order valence-corrected chi connectivity index (χ4v) is 1.48. The van der Waals surface area contributed by atoms with Gasteiger partial charge in [0.15, 0.2) is 0 Å². The van der Waals surface area contributed by atoms with Crippen LogP contribution in [-0.4, -0.2) is 23.5 Å². The fraction of sp³-hybridized carbons (Fsp3) is 0.500. The molecule has 86 valence electrons. The Morgan fingerprint density at radius 1 is 1.38 bits per heavy atom. The number of nitrogens with one attached hydrogen (secondary N) is 2. The highest BCUT2D eigenvalue weighted by Gasteiger charge is 2.22.